The maximum atomic E-state index is 12.7. The fourth-order valence-corrected chi connectivity index (χ4v) is 5.26. The summed E-state index contributed by atoms with van der Waals surface area (Å²) >= 11 is 12.2. The second-order valence-electron chi connectivity index (χ2n) is 6.44. The van der Waals surface area contributed by atoms with E-state index >= 15 is 0 Å². The Hall–Kier alpha value is -0.820. The molecule has 5 nitrogen and oxygen atoms in total. The minimum atomic E-state index is -3.58. The zero-order chi connectivity index (χ0) is 17.3. The number of benzene rings is 1. The Morgan fingerprint density at radius 3 is 2.50 bits per heavy atom. The number of sulfonamides is 1. The molecule has 1 aliphatic heterocycles. The minimum Gasteiger partial charge on any atom is -0.353 e. The number of hydrogen-bond donors (Lipinski definition) is 1. The van der Waals surface area contributed by atoms with Crippen LogP contribution in [0.1, 0.15) is 31.2 Å². The highest BCUT2D eigenvalue weighted by Gasteiger charge is 2.34. The van der Waals surface area contributed by atoms with Gasteiger partial charge in [-0.05, 0) is 37.8 Å². The molecule has 1 amide bonds. The van der Waals surface area contributed by atoms with Crippen molar-refractivity contribution in [1.82, 2.24) is 9.62 Å². The summed E-state index contributed by atoms with van der Waals surface area (Å²) in [6.45, 7) is 0.653. The first kappa shape index (κ1) is 18.0. The molecule has 0 aromatic heterocycles. The van der Waals surface area contributed by atoms with Gasteiger partial charge in [-0.1, -0.05) is 29.3 Å². The third-order valence-electron chi connectivity index (χ3n) is 4.46. The summed E-state index contributed by atoms with van der Waals surface area (Å²) < 4.78 is 26.9. The first-order valence-corrected chi connectivity index (χ1v) is 10.4. The van der Waals surface area contributed by atoms with Crippen LogP contribution >= 0.6 is 23.2 Å². The fourth-order valence-electron chi connectivity index (χ4n) is 2.90. The Balaban J connectivity index is 1.70. The van der Waals surface area contributed by atoms with Gasteiger partial charge in [-0.2, -0.15) is 0 Å². The summed E-state index contributed by atoms with van der Waals surface area (Å²) in [6, 6.07) is 5.21. The highest BCUT2D eigenvalue weighted by Crippen LogP contribution is 2.29. The van der Waals surface area contributed by atoms with Gasteiger partial charge in [-0.3, -0.25) is 4.79 Å². The molecular weight excluding hydrogens is 371 g/mol. The maximum Gasteiger partial charge on any atom is 0.224 e. The van der Waals surface area contributed by atoms with Gasteiger partial charge in [0.05, 0.1) is 11.7 Å². The standard InChI is InChI=1S/C16H20Cl2N2O3S/c17-14-4-1-5-15(18)13(14)10-24(22,23)20-8-2-3-11(9-20)16(21)19-12-6-7-12/h1,4-5,11-12H,2-3,6-10H2,(H,19,21)/t11-/m1/s1. The van der Waals surface area contributed by atoms with Crippen molar-refractivity contribution in [2.75, 3.05) is 13.1 Å². The van der Waals surface area contributed by atoms with Crippen molar-refractivity contribution < 1.29 is 13.2 Å². The van der Waals surface area contributed by atoms with Crippen molar-refractivity contribution in [2.24, 2.45) is 5.92 Å². The number of halogens is 2. The Morgan fingerprint density at radius 2 is 1.88 bits per heavy atom. The van der Waals surface area contributed by atoms with E-state index in [9.17, 15) is 13.2 Å². The van der Waals surface area contributed by atoms with Crippen molar-refractivity contribution in [3.05, 3.63) is 33.8 Å². The Kier molecular flexibility index (Phi) is 5.39. The van der Waals surface area contributed by atoms with E-state index in [-0.39, 0.29) is 30.2 Å². The van der Waals surface area contributed by atoms with Crippen molar-refractivity contribution in [3.63, 3.8) is 0 Å². The molecular formula is C16H20Cl2N2O3S. The van der Waals surface area contributed by atoms with Crippen molar-refractivity contribution in [3.8, 4) is 0 Å². The predicted octanol–water partition coefficient (Wildman–Crippen LogP) is 2.81. The highest BCUT2D eigenvalue weighted by molar-refractivity contribution is 7.88. The lowest BCUT2D eigenvalue weighted by Crippen LogP contribution is -2.46. The van der Waals surface area contributed by atoms with E-state index in [1.165, 1.54) is 4.31 Å². The normalized spacial score (nSPS) is 22.3. The van der Waals surface area contributed by atoms with E-state index in [1.54, 1.807) is 18.2 Å². The first-order valence-electron chi connectivity index (χ1n) is 8.08. The van der Waals surface area contributed by atoms with Crippen LogP contribution in [0.4, 0.5) is 0 Å². The third-order valence-corrected chi connectivity index (χ3v) is 6.94. The molecule has 24 heavy (non-hydrogen) atoms. The zero-order valence-corrected chi connectivity index (χ0v) is 15.5. The maximum absolute atomic E-state index is 12.7. The van der Waals surface area contributed by atoms with Gasteiger partial charge in [-0.15, -0.1) is 0 Å². The summed E-state index contributed by atoms with van der Waals surface area (Å²) in [7, 11) is -3.58. The molecule has 1 aromatic carbocycles. The van der Waals surface area contributed by atoms with Gasteiger partial charge in [0, 0.05) is 34.7 Å². The second kappa shape index (κ2) is 7.20. The molecule has 2 fully saturated rings. The molecule has 1 saturated carbocycles. The van der Waals surface area contributed by atoms with Crippen LogP contribution in [-0.2, 0) is 20.6 Å². The lowest BCUT2D eigenvalue weighted by molar-refractivity contribution is -0.126. The molecule has 1 aliphatic carbocycles. The van der Waals surface area contributed by atoms with E-state index in [0.29, 0.717) is 28.6 Å². The van der Waals surface area contributed by atoms with Crippen molar-refractivity contribution in [2.45, 2.75) is 37.5 Å². The molecule has 3 rings (SSSR count). The molecule has 1 heterocycles. The average molecular weight is 391 g/mol. The molecule has 1 atom stereocenters. The number of carbonyl (C=O) groups excluding carboxylic acids is 1. The topological polar surface area (TPSA) is 66.5 Å². The van der Waals surface area contributed by atoms with Crippen LogP contribution < -0.4 is 5.32 Å². The van der Waals surface area contributed by atoms with Crippen LogP contribution in [0.5, 0.6) is 0 Å². The quantitative estimate of drug-likeness (QED) is 0.840. The average Bonchev–Trinajstić information content (AvgIpc) is 3.35. The van der Waals surface area contributed by atoms with Crippen molar-refractivity contribution in [1.29, 1.82) is 0 Å². The Morgan fingerprint density at radius 1 is 1.21 bits per heavy atom. The van der Waals surface area contributed by atoms with E-state index in [1.807, 2.05) is 0 Å². The Bertz CT molecular complexity index is 715. The summed E-state index contributed by atoms with van der Waals surface area (Å²) in [4.78, 5) is 12.2. The summed E-state index contributed by atoms with van der Waals surface area (Å²) in [5.41, 5.74) is 0.408. The predicted molar refractivity (Wildman–Crippen MR) is 94.5 cm³/mol. The van der Waals surface area contributed by atoms with Gasteiger partial charge in [0.2, 0.25) is 15.9 Å². The van der Waals surface area contributed by atoms with Gasteiger partial charge >= 0.3 is 0 Å². The number of piperidine rings is 1. The number of nitrogens with one attached hydrogen (secondary N) is 1. The smallest absolute Gasteiger partial charge is 0.224 e. The Labute approximate surface area is 152 Å². The molecule has 0 unspecified atom stereocenters. The first-order chi connectivity index (χ1) is 11.4. The number of carbonyl (C=O) groups is 1. The second-order valence-corrected chi connectivity index (χ2v) is 9.22. The van der Waals surface area contributed by atoms with E-state index in [4.69, 9.17) is 23.2 Å². The van der Waals surface area contributed by atoms with E-state index in [0.717, 1.165) is 19.3 Å². The molecule has 132 valence electrons. The highest BCUT2D eigenvalue weighted by atomic mass is 35.5. The summed E-state index contributed by atoms with van der Waals surface area (Å²) in [6.07, 6.45) is 3.44. The molecule has 0 radical (unpaired) electrons. The molecule has 1 saturated heterocycles. The summed E-state index contributed by atoms with van der Waals surface area (Å²) in [5, 5.41) is 3.64. The fraction of sp³-hybridized carbons (Fsp3) is 0.562. The largest absolute Gasteiger partial charge is 0.353 e. The van der Waals surface area contributed by atoms with Crippen molar-refractivity contribution >= 4 is 39.1 Å². The SMILES string of the molecule is O=C(NC1CC1)[C@@H]1CCCN(S(=O)(=O)Cc2c(Cl)cccc2Cl)C1. The number of nitrogens with zero attached hydrogens (tertiary/aromatic N) is 1. The van der Waals surface area contributed by atoms with Crippen LogP contribution in [0.15, 0.2) is 18.2 Å². The van der Waals surface area contributed by atoms with Crippen LogP contribution in [0.25, 0.3) is 0 Å². The van der Waals surface area contributed by atoms with Gasteiger partial charge in [0.15, 0.2) is 0 Å². The van der Waals surface area contributed by atoms with Gasteiger partial charge < -0.3 is 5.32 Å². The zero-order valence-electron chi connectivity index (χ0n) is 13.2. The molecule has 8 heteroatoms. The molecule has 1 aromatic rings. The lowest BCUT2D eigenvalue weighted by atomic mass is 9.99. The van der Waals surface area contributed by atoms with Gasteiger partial charge in [-0.25, -0.2) is 12.7 Å². The van der Waals surface area contributed by atoms with Crippen LogP contribution in [0.3, 0.4) is 0 Å². The van der Waals surface area contributed by atoms with Crippen LogP contribution in [0.2, 0.25) is 10.0 Å². The molecule has 0 bridgehead atoms. The van der Waals surface area contributed by atoms with Crippen LogP contribution in [-0.4, -0.2) is 37.8 Å². The number of amides is 1. The van der Waals surface area contributed by atoms with E-state index in [2.05, 4.69) is 5.32 Å². The van der Waals surface area contributed by atoms with Gasteiger partial charge in [0.1, 0.15) is 0 Å². The van der Waals surface area contributed by atoms with Gasteiger partial charge in [0.25, 0.3) is 0 Å². The summed E-state index contributed by atoms with van der Waals surface area (Å²) in [5.74, 6) is -0.563. The van der Waals surface area contributed by atoms with Crippen LogP contribution in [0, 0.1) is 5.92 Å². The molecule has 1 N–H and O–H groups in total. The monoisotopic (exact) mass is 390 g/mol. The number of rotatable bonds is 5. The minimum absolute atomic E-state index is 0.0341. The molecule has 2 aliphatic rings. The number of hydrogen-bond acceptors (Lipinski definition) is 3. The third kappa shape index (κ3) is 4.23. The molecule has 0 spiro atoms. The lowest BCUT2D eigenvalue weighted by Gasteiger charge is -2.31. The van der Waals surface area contributed by atoms with E-state index < -0.39 is 10.0 Å².